The summed E-state index contributed by atoms with van der Waals surface area (Å²) in [6.07, 6.45) is 20.9. The Bertz CT molecular complexity index is 1470. The zero-order valence-corrected chi connectivity index (χ0v) is 32.5. The molecule has 0 aromatic heterocycles. The van der Waals surface area contributed by atoms with Crippen LogP contribution in [0.1, 0.15) is 114 Å². The Morgan fingerprint density at radius 2 is 0.615 bits per heavy atom. The fraction of sp³-hybridized carbons (Fsp3) is 0.435. The molecule has 0 fully saturated rings. The van der Waals surface area contributed by atoms with Gasteiger partial charge in [0, 0.05) is 11.5 Å². The summed E-state index contributed by atoms with van der Waals surface area (Å²) in [5, 5.41) is 17.9. The standard InChI is InChI=1S/C46H56N2O2S2/c47-37-39-17-21-41(22-18-39)43-25-29-45(30-26-43)49-33-13-9-5-1-3-7-11-15-35-51-52-36-16-12-8-4-2-6-10-14-34-50-46-31-27-44(28-32-46)42-23-19-40(38-48)20-24-42/h17-32H,1-16,33-36H2. The van der Waals surface area contributed by atoms with Crippen molar-refractivity contribution in [2.24, 2.45) is 0 Å². The highest BCUT2D eigenvalue weighted by atomic mass is 33.1. The molecule has 0 spiro atoms. The van der Waals surface area contributed by atoms with Gasteiger partial charge in [-0.1, -0.05) is 147 Å². The molecule has 0 radical (unpaired) electrons. The van der Waals surface area contributed by atoms with E-state index in [2.05, 4.69) is 58.0 Å². The summed E-state index contributed by atoms with van der Waals surface area (Å²) < 4.78 is 11.9. The fourth-order valence-electron chi connectivity index (χ4n) is 6.11. The van der Waals surface area contributed by atoms with Gasteiger partial charge >= 0.3 is 0 Å². The Hall–Kier alpha value is -3.84. The van der Waals surface area contributed by atoms with E-state index in [0.29, 0.717) is 11.1 Å². The second kappa shape index (κ2) is 26.0. The summed E-state index contributed by atoms with van der Waals surface area (Å²) in [7, 11) is 4.16. The maximum Gasteiger partial charge on any atom is 0.119 e. The first kappa shape index (κ1) is 40.9. The van der Waals surface area contributed by atoms with Crippen LogP contribution in [0.15, 0.2) is 97.1 Å². The number of nitriles is 2. The average Bonchev–Trinajstić information content (AvgIpc) is 3.20. The summed E-state index contributed by atoms with van der Waals surface area (Å²) in [6.45, 7) is 1.56. The normalized spacial score (nSPS) is 10.8. The molecular formula is C46H56N2O2S2. The maximum atomic E-state index is 8.97. The molecule has 0 amide bonds. The van der Waals surface area contributed by atoms with Gasteiger partial charge in [-0.3, -0.25) is 0 Å². The molecular weight excluding hydrogens is 677 g/mol. The van der Waals surface area contributed by atoms with Crippen LogP contribution in [0, 0.1) is 22.7 Å². The molecule has 0 aliphatic carbocycles. The van der Waals surface area contributed by atoms with Gasteiger partial charge < -0.3 is 9.47 Å². The zero-order valence-electron chi connectivity index (χ0n) is 30.9. The molecule has 4 aromatic rings. The minimum atomic E-state index is 0.685. The van der Waals surface area contributed by atoms with Crippen LogP contribution in [-0.2, 0) is 0 Å². The predicted octanol–water partition coefficient (Wildman–Crippen LogP) is 13.8. The van der Waals surface area contributed by atoms with Crippen molar-refractivity contribution >= 4 is 21.6 Å². The lowest BCUT2D eigenvalue weighted by molar-refractivity contribution is 0.304. The molecule has 4 rings (SSSR count). The van der Waals surface area contributed by atoms with Crippen LogP contribution in [0.2, 0.25) is 0 Å². The van der Waals surface area contributed by atoms with Crippen molar-refractivity contribution in [2.75, 3.05) is 24.7 Å². The molecule has 4 nitrogen and oxygen atoms in total. The minimum absolute atomic E-state index is 0.685. The molecule has 0 saturated heterocycles. The second-order valence-corrected chi connectivity index (χ2v) is 16.1. The van der Waals surface area contributed by atoms with E-state index in [1.54, 1.807) is 0 Å². The average molecular weight is 733 g/mol. The Labute approximate surface area is 321 Å². The Balaban J connectivity index is 0.836. The maximum absolute atomic E-state index is 8.97. The van der Waals surface area contributed by atoms with Crippen molar-refractivity contribution in [3.8, 4) is 45.9 Å². The van der Waals surface area contributed by atoms with Crippen LogP contribution in [-0.4, -0.2) is 24.7 Å². The molecule has 0 N–H and O–H groups in total. The quantitative estimate of drug-likeness (QED) is 0.0449. The van der Waals surface area contributed by atoms with Crippen molar-refractivity contribution in [1.29, 1.82) is 10.5 Å². The van der Waals surface area contributed by atoms with Crippen molar-refractivity contribution < 1.29 is 9.47 Å². The third-order valence-electron chi connectivity index (χ3n) is 9.27. The van der Waals surface area contributed by atoms with Gasteiger partial charge in [-0.15, -0.1) is 0 Å². The van der Waals surface area contributed by atoms with Crippen LogP contribution in [0.5, 0.6) is 11.5 Å². The lowest BCUT2D eigenvalue weighted by atomic mass is 10.0. The lowest BCUT2D eigenvalue weighted by Crippen LogP contribution is -1.97. The molecule has 0 unspecified atom stereocenters. The molecule has 6 heteroatoms. The van der Waals surface area contributed by atoms with Gasteiger partial charge in [0.2, 0.25) is 0 Å². The van der Waals surface area contributed by atoms with Gasteiger partial charge in [0.1, 0.15) is 11.5 Å². The van der Waals surface area contributed by atoms with Gasteiger partial charge in [-0.25, -0.2) is 0 Å². The number of rotatable bonds is 27. The molecule has 4 aromatic carbocycles. The molecule has 0 aliphatic heterocycles. The smallest absolute Gasteiger partial charge is 0.119 e. The Kier molecular flexibility index (Phi) is 20.5. The molecule has 0 atom stereocenters. The topological polar surface area (TPSA) is 66.0 Å². The largest absolute Gasteiger partial charge is 0.494 e. The number of ether oxygens (including phenoxy) is 2. The van der Waals surface area contributed by atoms with Gasteiger partial charge in [-0.2, -0.15) is 10.5 Å². The summed E-state index contributed by atoms with van der Waals surface area (Å²) >= 11 is 0. The predicted molar refractivity (Wildman–Crippen MR) is 223 cm³/mol. The van der Waals surface area contributed by atoms with E-state index in [1.165, 1.54) is 101 Å². The third-order valence-corrected chi connectivity index (χ3v) is 11.8. The number of nitrogens with zero attached hydrogens (tertiary/aromatic N) is 2. The van der Waals surface area contributed by atoms with Gasteiger partial charge in [0.25, 0.3) is 0 Å². The SMILES string of the molecule is N#Cc1ccc(-c2ccc(OCCCCCCCCCCSSCCCCCCCCCCOc3ccc(-c4ccc(C#N)cc4)cc3)cc2)cc1. The number of benzene rings is 4. The third kappa shape index (κ3) is 16.7. The van der Waals surface area contributed by atoms with E-state index in [9.17, 15) is 0 Å². The van der Waals surface area contributed by atoms with Gasteiger partial charge in [0.05, 0.1) is 36.5 Å². The number of hydrogen-bond acceptors (Lipinski definition) is 6. The summed E-state index contributed by atoms with van der Waals surface area (Å²) in [4.78, 5) is 0. The highest BCUT2D eigenvalue weighted by molar-refractivity contribution is 8.76. The van der Waals surface area contributed by atoms with E-state index < -0.39 is 0 Å². The van der Waals surface area contributed by atoms with Crippen LogP contribution >= 0.6 is 21.6 Å². The highest BCUT2D eigenvalue weighted by Crippen LogP contribution is 2.26. The van der Waals surface area contributed by atoms with Crippen LogP contribution in [0.3, 0.4) is 0 Å². The van der Waals surface area contributed by atoms with Crippen molar-refractivity contribution in [3.63, 3.8) is 0 Å². The van der Waals surface area contributed by atoms with Crippen molar-refractivity contribution in [1.82, 2.24) is 0 Å². The minimum Gasteiger partial charge on any atom is -0.494 e. The van der Waals surface area contributed by atoms with Crippen molar-refractivity contribution in [2.45, 2.75) is 103 Å². The summed E-state index contributed by atoms with van der Waals surface area (Å²) in [5.41, 5.74) is 5.88. The van der Waals surface area contributed by atoms with Crippen LogP contribution in [0.4, 0.5) is 0 Å². The van der Waals surface area contributed by atoms with Gasteiger partial charge in [-0.05, 0) is 96.5 Å². The highest BCUT2D eigenvalue weighted by Gasteiger charge is 2.02. The summed E-state index contributed by atoms with van der Waals surface area (Å²) in [6, 6.07) is 36.2. The van der Waals surface area contributed by atoms with E-state index in [4.69, 9.17) is 20.0 Å². The van der Waals surface area contributed by atoms with E-state index >= 15 is 0 Å². The van der Waals surface area contributed by atoms with E-state index in [0.717, 1.165) is 59.8 Å². The molecule has 274 valence electrons. The lowest BCUT2D eigenvalue weighted by Gasteiger charge is -2.08. The molecule has 0 bridgehead atoms. The first-order valence-electron chi connectivity index (χ1n) is 19.5. The van der Waals surface area contributed by atoms with Crippen LogP contribution in [0.25, 0.3) is 22.3 Å². The van der Waals surface area contributed by atoms with Crippen molar-refractivity contribution in [3.05, 3.63) is 108 Å². The van der Waals surface area contributed by atoms with E-state index in [-0.39, 0.29) is 0 Å². The zero-order chi connectivity index (χ0) is 36.3. The number of hydrogen-bond donors (Lipinski definition) is 0. The molecule has 0 saturated carbocycles. The number of unbranched alkanes of at least 4 members (excludes halogenated alkanes) is 14. The first-order valence-corrected chi connectivity index (χ1v) is 22.0. The summed E-state index contributed by atoms with van der Waals surface area (Å²) in [5.74, 6) is 4.45. The first-order chi connectivity index (χ1) is 25.7. The second-order valence-electron chi connectivity index (χ2n) is 13.4. The monoisotopic (exact) mass is 732 g/mol. The molecule has 52 heavy (non-hydrogen) atoms. The Morgan fingerprint density at radius 3 is 0.923 bits per heavy atom. The van der Waals surface area contributed by atoms with Gasteiger partial charge in [0.15, 0.2) is 0 Å². The van der Waals surface area contributed by atoms with Crippen LogP contribution < -0.4 is 9.47 Å². The van der Waals surface area contributed by atoms with E-state index in [1.807, 2.05) is 72.8 Å². The Morgan fingerprint density at radius 1 is 0.346 bits per heavy atom. The fourth-order valence-corrected chi connectivity index (χ4v) is 8.40. The molecule has 0 aliphatic rings. The molecule has 0 heterocycles.